The number of carbonyl (C=O) groups is 2. The second-order valence-corrected chi connectivity index (χ2v) is 6.36. The molecule has 3 rings (SSSR count). The first-order chi connectivity index (χ1) is 11.0. The van der Waals surface area contributed by atoms with Gasteiger partial charge in [0, 0.05) is 19.0 Å². The van der Waals surface area contributed by atoms with E-state index in [1.807, 2.05) is 38.1 Å². The van der Waals surface area contributed by atoms with E-state index in [0.29, 0.717) is 30.7 Å². The topological polar surface area (TPSA) is 58.6 Å². The van der Waals surface area contributed by atoms with E-state index in [-0.39, 0.29) is 17.9 Å². The SMILES string of the molecule is CC1=C(C(=O)NC2CCN(C(C)C)C2=O)Cc2ccccc2O1. The first-order valence-corrected chi connectivity index (χ1v) is 8.04. The molecule has 1 aromatic carbocycles. The highest BCUT2D eigenvalue weighted by Crippen LogP contribution is 2.30. The highest BCUT2D eigenvalue weighted by atomic mass is 16.5. The Bertz CT molecular complexity index is 679. The monoisotopic (exact) mass is 314 g/mol. The summed E-state index contributed by atoms with van der Waals surface area (Å²) < 4.78 is 5.74. The number of nitrogens with one attached hydrogen (secondary N) is 1. The largest absolute Gasteiger partial charge is 0.461 e. The highest BCUT2D eigenvalue weighted by Gasteiger charge is 2.35. The molecule has 23 heavy (non-hydrogen) atoms. The van der Waals surface area contributed by atoms with E-state index < -0.39 is 6.04 Å². The van der Waals surface area contributed by atoms with Crippen LogP contribution in [0, 0.1) is 0 Å². The molecule has 1 N–H and O–H groups in total. The second-order valence-electron chi connectivity index (χ2n) is 6.36. The van der Waals surface area contributed by atoms with Crippen molar-refractivity contribution >= 4 is 11.8 Å². The van der Waals surface area contributed by atoms with Crippen LogP contribution in [-0.2, 0) is 16.0 Å². The summed E-state index contributed by atoms with van der Waals surface area (Å²) in [5.41, 5.74) is 1.59. The Morgan fingerprint density at radius 1 is 1.35 bits per heavy atom. The highest BCUT2D eigenvalue weighted by molar-refractivity contribution is 5.98. The summed E-state index contributed by atoms with van der Waals surface area (Å²) in [4.78, 5) is 26.7. The standard InChI is InChI=1S/C18H22N2O3/c1-11(2)20-9-8-15(18(20)22)19-17(21)14-10-13-6-4-5-7-16(13)23-12(14)3/h4-7,11,15H,8-10H2,1-3H3,(H,19,21). The molecule has 0 saturated carbocycles. The first kappa shape index (κ1) is 15.6. The van der Waals surface area contributed by atoms with Gasteiger partial charge in [0.2, 0.25) is 5.91 Å². The molecule has 2 amide bonds. The number of allylic oxidation sites excluding steroid dienone is 1. The Hall–Kier alpha value is -2.30. The minimum atomic E-state index is -0.428. The lowest BCUT2D eigenvalue weighted by molar-refractivity contribution is -0.133. The van der Waals surface area contributed by atoms with Crippen molar-refractivity contribution in [1.82, 2.24) is 10.2 Å². The van der Waals surface area contributed by atoms with Crippen LogP contribution in [0.1, 0.15) is 32.8 Å². The number of ether oxygens (including phenoxy) is 1. The fourth-order valence-electron chi connectivity index (χ4n) is 3.13. The Kier molecular flexibility index (Phi) is 4.11. The maximum Gasteiger partial charge on any atom is 0.251 e. The molecule has 1 atom stereocenters. The number of rotatable bonds is 3. The van der Waals surface area contributed by atoms with E-state index in [4.69, 9.17) is 4.74 Å². The van der Waals surface area contributed by atoms with Gasteiger partial charge in [-0.25, -0.2) is 0 Å². The van der Waals surface area contributed by atoms with Gasteiger partial charge in [0.05, 0.1) is 5.57 Å². The molecule has 5 nitrogen and oxygen atoms in total. The van der Waals surface area contributed by atoms with Gasteiger partial charge in [-0.15, -0.1) is 0 Å². The maximum absolute atomic E-state index is 12.6. The zero-order chi connectivity index (χ0) is 16.6. The number of nitrogens with zero attached hydrogens (tertiary/aromatic N) is 1. The van der Waals surface area contributed by atoms with Crippen molar-refractivity contribution in [2.24, 2.45) is 0 Å². The molecule has 0 aliphatic carbocycles. The summed E-state index contributed by atoms with van der Waals surface area (Å²) >= 11 is 0. The van der Waals surface area contributed by atoms with E-state index >= 15 is 0 Å². The van der Waals surface area contributed by atoms with Gasteiger partial charge in [-0.05, 0) is 38.8 Å². The number of para-hydroxylation sites is 1. The Labute approximate surface area is 136 Å². The lowest BCUT2D eigenvalue weighted by atomic mass is 10.00. The van der Waals surface area contributed by atoms with E-state index in [0.717, 1.165) is 11.3 Å². The third-order valence-electron chi connectivity index (χ3n) is 4.47. The van der Waals surface area contributed by atoms with Gasteiger partial charge in [-0.2, -0.15) is 0 Å². The van der Waals surface area contributed by atoms with Gasteiger partial charge < -0.3 is 15.0 Å². The van der Waals surface area contributed by atoms with Crippen LogP contribution in [-0.4, -0.2) is 35.3 Å². The average Bonchev–Trinajstić information content (AvgIpc) is 2.87. The van der Waals surface area contributed by atoms with E-state index in [1.54, 1.807) is 11.8 Å². The minimum Gasteiger partial charge on any atom is -0.461 e. The third-order valence-corrected chi connectivity index (χ3v) is 4.47. The zero-order valence-corrected chi connectivity index (χ0v) is 13.8. The van der Waals surface area contributed by atoms with Gasteiger partial charge >= 0.3 is 0 Å². The fraction of sp³-hybridized carbons (Fsp3) is 0.444. The van der Waals surface area contributed by atoms with Crippen LogP contribution < -0.4 is 10.1 Å². The quantitative estimate of drug-likeness (QED) is 0.928. The summed E-state index contributed by atoms with van der Waals surface area (Å²) in [5, 5.41) is 2.88. The van der Waals surface area contributed by atoms with Crippen LogP contribution in [0.15, 0.2) is 35.6 Å². The second kappa shape index (κ2) is 6.07. The van der Waals surface area contributed by atoms with Crippen LogP contribution in [0.5, 0.6) is 5.75 Å². The Morgan fingerprint density at radius 3 is 2.78 bits per heavy atom. The smallest absolute Gasteiger partial charge is 0.251 e. The van der Waals surface area contributed by atoms with Crippen LogP contribution in [0.4, 0.5) is 0 Å². The molecule has 2 heterocycles. The number of likely N-dealkylation sites (tertiary alicyclic amines) is 1. The number of carbonyl (C=O) groups excluding carboxylic acids is 2. The molecule has 0 spiro atoms. The summed E-state index contributed by atoms with van der Waals surface area (Å²) in [6.45, 7) is 6.46. The number of fused-ring (bicyclic) bond motifs is 1. The van der Waals surface area contributed by atoms with Crippen LogP contribution >= 0.6 is 0 Å². The van der Waals surface area contributed by atoms with Gasteiger partial charge in [0.25, 0.3) is 5.91 Å². The molecule has 2 aliphatic heterocycles. The number of hydrogen-bond acceptors (Lipinski definition) is 3. The molecule has 1 aromatic rings. The third kappa shape index (κ3) is 2.96. The Morgan fingerprint density at radius 2 is 2.09 bits per heavy atom. The predicted molar refractivity (Wildman–Crippen MR) is 86.9 cm³/mol. The van der Waals surface area contributed by atoms with Gasteiger partial charge in [-0.3, -0.25) is 9.59 Å². The molecular formula is C18H22N2O3. The predicted octanol–water partition coefficient (Wildman–Crippen LogP) is 2.02. The molecule has 5 heteroatoms. The maximum atomic E-state index is 12.6. The van der Waals surface area contributed by atoms with Gasteiger partial charge in [0.15, 0.2) is 0 Å². The van der Waals surface area contributed by atoms with Crippen molar-refractivity contribution in [3.8, 4) is 5.75 Å². The van der Waals surface area contributed by atoms with E-state index in [9.17, 15) is 9.59 Å². The van der Waals surface area contributed by atoms with Crippen molar-refractivity contribution in [3.05, 3.63) is 41.2 Å². The van der Waals surface area contributed by atoms with Crippen molar-refractivity contribution in [2.45, 2.75) is 45.7 Å². The lowest BCUT2D eigenvalue weighted by Gasteiger charge is -2.23. The van der Waals surface area contributed by atoms with Crippen molar-refractivity contribution in [2.75, 3.05) is 6.54 Å². The summed E-state index contributed by atoms with van der Waals surface area (Å²) in [6, 6.07) is 7.43. The normalized spacial score (nSPS) is 20.6. The molecule has 1 saturated heterocycles. The van der Waals surface area contributed by atoms with Gasteiger partial charge in [0.1, 0.15) is 17.6 Å². The lowest BCUT2D eigenvalue weighted by Crippen LogP contribution is -2.44. The summed E-state index contributed by atoms with van der Waals surface area (Å²) in [7, 11) is 0. The Balaban J connectivity index is 1.71. The fourth-order valence-corrected chi connectivity index (χ4v) is 3.13. The number of amides is 2. The van der Waals surface area contributed by atoms with Crippen LogP contribution in [0.25, 0.3) is 0 Å². The minimum absolute atomic E-state index is 0.00345. The van der Waals surface area contributed by atoms with Crippen molar-refractivity contribution in [3.63, 3.8) is 0 Å². The first-order valence-electron chi connectivity index (χ1n) is 8.04. The molecule has 0 radical (unpaired) electrons. The molecule has 0 bridgehead atoms. The molecule has 1 fully saturated rings. The average molecular weight is 314 g/mol. The molecule has 0 aromatic heterocycles. The summed E-state index contributed by atoms with van der Waals surface area (Å²) in [5.74, 6) is 1.20. The molecular weight excluding hydrogens is 292 g/mol. The van der Waals surface area contributed by atoms with E-state index in [1.165, 1.54) is 0 Å². The van der Waals surface area contributed by atoms with Crippen LogP contribution in [0.2, 0.25) is 0 Å². The molecule has 1 unspecified atom stereocenters. The van der Waals surface area contributed by atoms with Crippen molar-refractivity contribution in [1.29, 1.82) is 0 Å². The number of hydrogen-bond donors (Lipinski definition) is 1. The van der Waals surface area contributed by atoms with Gasteiger partial charge in [-0.1, -0.05) is 18.2 Å². The van der Waals surface area contributed by atoms with Crippen LogP contribution in [0.3, 0.4) is 0 Å². The zero-order valence-electron chi connectivity index (χ0n) is 13.8. The van der Waals surface area contributed by atoms with E-state index in [2.05, 4.69) is 5.32 Å². The number of benzene rings is 1. The molecule has 2 aliphatic rings. The molecule has 122 valence electrons. The summed E-state index contributed by atoms with van der Waals surface area (Å²) in [6.07, 6.45) is 1.19. The van der Waals surface area contributed by atoms with Crippen molar-refractivity contribution < 1.29 is 14.3 Å².